The highest BCUT2D eigenvalue weighted by molar-refractivity contribution is 5.55. The van der Waals surface area contributed by atoms with E-state index < -0.39 is 0 Å². The van der Waals surface area contributed by atoms with Crippen LogP contribution in [0.15, 0.2) is 28.8 Å². The Morgan fingerprint density at radius 1 is 1.14 bits per heavy atom. The zero-order valence-corrected chi connectivity index (χ0v) is 12.5. The molecule has 0 radical (unpaired) electrons. The van der Waals surface area contributed by atoms with Gasteiger partial charge in [-0.05, 0) is 50.3 Å². The van der Waals surface area contributed by atoms with Gasteiger partial charge in [0.15, 0.2) is 5.82 Å². The molecule has 1 aliphatic heterocycles. The van der Waals surface area contributed by atoms with E-state index in [1.807, 2.05) is 24.3 Å². The highest BCUT2D eigenvalue weighted by atomic mass is 16.5. The van der Waals surface area contributed by atoms with Gasteiger partial charge in [-0.15, -0.1) is 0 Å². The summed E-state index contributed by atoms with van der Waals surface area (Å²) in [6.07, 6.45) is 6.14. The van der Waals surface area contributed by atoms with E-state index in [0.717, 1.165) is 43.0 Å². The van der Waals surface area contributed by atoms with Crippen LogP contribution in [0.5, 0.6) is 5.75 Å². The second kappa shape index (κ2) is 6.08. The molecule has 2 fully saturated rings. The third-order valence-electron chi connectivity index (χ3n) is 4.42. The largest absolute Gasteiger partial charge is 0.490 e. The molecule has 1 saturated carbocycles. The van der Waals surface area contributed by atoms with E-state index in [4.69, 9.17) is 14.0 Å². The Bertz CT molecular complexity index is 628. The molecule has 1 aromatic heterocycles. The first-order chi connectivity index (χ1) is 10.9. The molecular weight excluding hydrogens is 280 g/mol. The van der Waals surface area contributed by atoms with Crippen molar-refractivity contribution in [3.63, 3.8) is 0 Å². The van der Waals surface area contributed by atoms with Crippen molar-refractivity contribution in [2.24, 2.45) is 0 Å². The second-order valence-electron chi connectivity index (χ2n) is 6.07. The van der Waals surface area contributed by atoms with E-state index in [9.17, 15) is 0 Å². The fraction of sp³-hybridized carbons (Fsp3) is 0.529. The number of rotatable bonds is 4. The summed E-state index contributed by atoms with van der Waals surface area (Å²) in [6.45, 7) is 1.46. The van der Waals surface area contributed by atoms with Gasteiger partial charge in [-0.2, -0.15) is 4.98 Å². The van der Waals surface area contributed by atoms with Gasteiger partial charge in [-0.1, -0.05) is 11.2 Å². The summed E-state index contributed by atoms with van der Waals surface area (Å²) in [5.74, 6) is 2.44. The Morgan fingerprint density at radius 3 is 2.86 bits per heavy atom. The lowest BCUT2D eigenvalue weighted by atomic mass is 10.1. The van der Waals surface area contributed by atoms with Crippen molar-refractivity contribution >= 4 is 0 Å². The number of hydrogen-bond donors (Lipinski definition) is 0. The monoisotopic (exact) mass is 300 g/mol. The van der Waals surface area contributed by atoms with Crippen molar-refractivity contribution in [2.45, 2.75) is 44.1 Å². The van der Waals surface area contributed by atoms with Gasteiger partial charge >= 0.3 is 0 Å². The molecule has 1 saturated heterocycles. The van der Waals surface area contributed by atoms with Gasteiger partial charge in [-0.25, -0.2) is 0 Å². The molecule has 4 rings (SSSR count). The molecule has 116 valence electrons. The van der Waals surface area contributed by atoms with Crippen LogP contribution in [0.25, 0.3) is 11.5 Å². The maximum absolute atomic E-state index is 6.03. The summed E-state index contributed by atoms with van der Waals surface area (Å²) in [5, 5.41) is 4.10. The van der Waals surface area contributed by atoms with Crippen LogP contribution >= 0.6 is 0 Å². The van der Waals surface area contributed by atoms with Crippen molar-refractivity contribution in [3.8, 4) is 17.2 Å². The molecule has 5 heteroatoms. The van der Waals surface area contributed by atoms with Crippen LogP contribution in [0.2, 0.25) is 0 Å². The molecule has 2 aliphatic rings. The summed E-state index contributed by atoms with van der Waals surface area (Å²) in [5.41, 5.74) is 0.910. The van der Waals surface area contributed by atoms with E-state index in [1.54, 1.807) is 0 Å². The first-order valence-electron chi connectivity index (χ1n) is 8.07. The lowest BCUT2D eigenvalue weighted by molar-refractivity contribution is 0.192. The summed E-state index contributed by atoms with van der Waals surface area (Å²) < 4.78 is 16.8. The van der Waals surface area contributed by atoms with Gasteiger partial charge in [0.05, 0.1) is 12.7 Å². The van der Waals surface area contributed by atoms with E-state index in [1.165, 1.54) is 12.8 Å². The van der Waals surface area contributed by atoms with Crippen LogP contribution in [0.1, 0.15) is 43.8 Å². The molecule has 1 aliphatic carbocycles. The number of aromatic nitrogens is 2. The molecule has 2 aromatic rings. The minimum Gasteiger partial charge on any atom is -0.490 e. The fourth-order valence-electron chi connectivity index (χ4n) is 3.16. The van der Waals surface area contributed by atoms with Crippen LogP contribution in [-0.2, 0) is 4.74 Å². The standard InChI is InChI=1S/C17H20N2O3/c1-2-6-14(5-1)21-15-7-3-4-12(10-15)17-18-16(19-22-17)13-8-9-20-11-13/h3-4,7,10,13-14H,1-2,5-6,8-9,11H2/t13-/m1/s1. The normalized spacial score (nSPS) is 22.3. The molecule has 5 nitrogen and oxygen atoms in total. The van der Waals surface area contributed by atoms with Crippen LogP contribution in [0.3, 0.4) is 0 Å². The average molecular weight is 300 g/mol. The molecule has 0 amide bonds. The first kappa shape index (κ1) is 13.8. The van der Waals surface area contributed by atoms with Crippen molar-refractivity contribution < 1.29 is 14.0 Å². The molecule has 2 heterocycles. The third-order valence-corrected chi connectivity index (χ3v) is 4.42. The fourth-order valence-corrected chi connectivity index (χ4v) is 3.16. The SMILES string of the molecule is c1cc(OC2CCCC2)cc(-c2nc([C@@H]3CCOC3)no2)c1. The zero-order valence-electron chi connectivity index (χ0n) is 12.5. The molecular formula is C17H20N2O3. The van der Waals surface area contributed by atoms with E-state index in [0.29, 0.717) is 18.6 Å². The topological polar surface area (TPSA) is 57.4 Å². The lowest BCUT2D eigenvalue weighted by Crippen LogP contribution is -2.10. The smallest absolute Gasteiger partial charge is 0.258 e. The van der Waals surface area contributed by atoms with E-state index in [2.05, 4.69) is 10.1 Å². The number of benzene rings is 1. The Hall–Kier alpha value is -1.88. The van der Waals surface area contributed by atoms with E-state index in [-0.39, 0.29) is 5.92 Å². The van der Waals surface area contributed by atoms with Crippen molar-refractivity contribution in [1.82, 2.24) is 10.1 Å². The Morgan fingerprint density at radius 2 is 2.05 bits per heavy atom. The number of hydrogen-bond acceptors (Lipinski definition) is 5. The van der Waals surface area contributed by atoms with Gasteiger partial charge < -0.3 is 14.0 Å². The summed E-state index contributed by atoms with van der Waals surface area (Å²) >= 11 is 0. The molecule has 22 heavy (non-hydrogen) atoms. The van der Waals surface area contributed by atoms with Crippen LogP contribution in [0.4, 0.5) is 0 Å². The first-order valence-corrected chi connectivity index (χ1v) is 8.07. The molecule has 0 spiro atoms. The third kappa shape index (κ3) is 2.86. The summed E-state index contributed by atoms with van der Waals surface area (Å²) in [7, 11) is 0. The minimum absolute atomic E-state index is 0.260. The Kier molecular flexibility index (Phi) is 3.81. The molecule has 0 N–H and O–H groups in total. The predicted octanol–water partition coefficient (Wildman–Crippen LogP) is 3.56. The molecule has 0 unspecified atom stereocenters. The maximum Gasteiger partial charge on any atom is 0.258 e. The maximum atomic E-state index is 6.03. The van der Waals surface area contributed by atoms with Gasteiger partial charge in [0.25, 0.3) is 5.89 Å². The summed E-state index contributed by atoms with van der Waals surface area (Å²) in [4.78, 5) is 4.52. The van der Waals surface area contributed by atoms with Crippen molar-refractivity contribution in [3.05, 3.63) is 30.1 Å². The van der Waals surface area contributed by atoms with E-state index >= 15 is 0 Å². The molecule has 1 aromatic carbocycles. The quantitative estimate of drug-likeness (QED) is 0.864. The van der Waals surface area contributed by atoms with Gasteiger partial charge in [0.2, 0.25) is 0 Å². The van der Waals surface area contributed by atoms with Crippen molar-refractivity contribution in [1.29, 1.82) is 0 Å². The summed E-state index contributed by atoms with van der Waals surface area (Å²) in [6, 6.07) is 7.93. The second-order valence-corrected chi connectivity index (χ2v) is 6.07. The Balaban J connectivity index is 1.51. The van der Waals surface area contributed by atoms with Crippen molar-refractivity contribution in [2.75, 3.05) is 13.2 Å². The Labute approximate surface area is 129 Å². The molecule has 1 atom stereocenters. The van der Waals surface area contributed by atoms with Gasteiger partial charge in [-0.3, -0.25) is 0 Å². The molecule has 0 bridgehead atoms. The number of ether oxygens (including phenoxy) is 2. The number of nitrogens with zero attached hydrogens (tertiary/aromatic N) is 2. The van der Waals surface area contributed by atoms with Gasteiger partial charge in [0.1, 0.15) is 5.75 Å². The average Bonchev–Trinajstić information content (AvgIpc) is 3.29. The zero-order chi connectivity index (χ0) is 14.8. The lowest BCUT2D eigenvalue weighted by Gasteiger charge is -2.13. The highest BCUT2D eigenvalue weighted by Gasteiger charge is 2.23. The van der Waals surface area contributed by atoms with Gasteiger partial charge in [0, 0.05) is 18.1 Å². The van der Waals surface area contributed by atoms with Crippen LogP contribution < -0.4 is 4.74 Å². The minimum atomic E-state index is 0.260. The highest BCUT2D eigenvalue weighted by Crippen LogP contribution is 2.29. The van der Waals surface area contributed by atoms with Crippen LogP contribution in [0, 0.1) is 0 Å². The van der Waals surface area contributed by atoms with Crippen LogP contribution in [-0.4, -0.2) is 29.5 Å². The predicted molar refractivity (Wildman–Crippen MR) is 80.8 cm³/mol.